The van der Waals surface area contributed by atoms with Gasteiger partial charge in [-0.3, -0.25) is 0 Å². The van der Waals surface area contributed by atoms with Gasteiger partial charge in [0, 0.05) is 18.4 Å². The molecule has 0 amide bonds. The molecule has 0 saturated heterocycles. The van der Waals surface area contributed by atoms with E-state index in [0.29, 0.717) is 6.54 Å². The van der Waals surface area contributed by atoms with Crippen molar-refractivity contribution in [2.75, 3.05) is 25.6 Å². The number of benzene rings is 2. The number of hydrogen-bond acceptors (Lipinski definition) is 3. The van der Waals surface area contributed by atoms with Gasteiger partial charge in [0.05, 0.1) is 7.11 Å². The van der Waals surface area contributed by atoms with Gasteiger partial charge in [0.15, 0.2) is 0 Å². The molecule has 2 N–H and O–H groups in total. The van der Waals surface area contributed by atoms with E-state index in [1.165, 1.54) is 16.8 Å². The van der Waals surface area contributed by atoms with Crippen molar-refractivity contribution in [2.24, 2.45) is 5.73 Å². The molecule has 0 aliphatic heterocycles. The zero-order valence-electron chi connectivity index (χ0n) is 12.4. The van der Waals surface area contributed by atoms with Gasteiger partial charge in [0.2, 0.25) is 0 Å². The standard InChI is InChI=1S/C17H22N2O/c1-13-4-9-17(14(12-13)10-11-18)19(2)15-5-7-16(20-3)8-6-15/h4-9,12H,10-11,18H2,1-3H3. The van der Waals surface area contributed by atoms with Crippen molar-refractivity contribution < 1.29 is 4.74 Å². The number of aryl methyl sites for hydroxylation is 1. The zero-order chi connectivity index (χ0) is 14.5. The number of rotatable bonds is 5. The molecule has 0 aliphatic carbocycles. The van der Waals surface area contributed by atoms with Crippen molar-refractivity contribution in [2.45, 2.75) is 13.3 Å². The van der Waals surface area contributed by atoms with Crippen molar-refractivity contribution >= 4 is 11.4 Å². The lowest BCUT2D eigenvalue weighted by Crippen LogP contribution is -2.14. The SMILES string of the molecule is COc1ccc(N(C)c2ccc(C)cc2CCN)cc1. The first-order valence-electron chi connectivity index (χ1n) is 6.83. The molecule has 0 spiro atoms. The van der Waals surface area contributed by atoms with Crippen LogP contribution in [0.5, 0.6) is 5.75 Å². The molecule has 0 aromatic heterocycles. The Labute approximate surface area is 121 Å². The summed E-state index contributed by atoms with van der Waals surface area (Å²) in [6, 6.07) is 14.6. The topological polar surface area (TPSA) is 38.5 Å². The van der Waals surface area contributed by atoms with Gasteiger partial charge in [-0.25, -0.2) is 0 Å². The summed E-state index contributed by atoms with van der Waals surface area (Å²) >= 11 is 0. The minimum atomic E-state index is 0.660. The highest BCUT2D eigenvalue weighted by molar-refractivity contribution is 5.66. The second-order valence-electron chi connectivity index (χ2n) is 4.93. The van der Waals surface area contributed by atoms with E-state index in [2.05, 4.69) is 49.2 Å². The van der Waals surface area contributed by atoms with E-state index in [1.54, 1.807) is 7.11 Å². The van der Waals surface area contributed by atoms with Crippen LogP contribution in [-0.4, -0.2) is 20.7 Å². The van der Waals surface area contributed by atoms with E-state index in [4.69, 9.17) is 10.5 Å². The molecular weight excluding hydrogens is 248 g/mol. The molecule has 106 valence electrons. The van der Waals surface area contributed by atoms with E-state index in [9.17, 15) is 0 Å². The monoisotopic (exact) mass is 270 g/mol. The number of nitrogens with two attached hydrogens (primary N) is 1. The molecule has 0 unspecified atom stereocenters. The summed E-state index contributed by atoms with van der Waals surface area (Å²) in [5.74, 6) is 0.869. The summed E-state index contributed by atoms with van der Waals surface area (Å²) in [5, 5.41) is 0. The van der Waals surface area contributed by atoms with Gasteiger partial charge in [-0.05, 0) is 55.8 Å². The van der Waals surface area contributed by atoms with Crippen molar-refractivity contribution in [3.8, 4) is 5.75 Å². The predicted octanol–water partition coefficient (Wildman–Crippen LogP) is 3.27. The lowest BCUT2D eigenvalue weighted by atomic mass is 10.1. The number of anilines is 2. The highest BCUT2D eigenvalue weighted by Crippen LogP contribution is 2.29. The smallest absolute Gasteiger partial charge is 0.119 e. The average Bonchev–Trinajstić information content (AvgIpc) is 2.47. The van der Waals surface area contributed by atoms with Gasteiger partial charge < -0.3 is 15.4 Å². The van der Waals surface area contributed by atoms with Crippen LogP contribution >= 0.6 is 0 Å². The average molecular weight is 270 g/mol. The number of methoxy groups -OCH3 is 1. The summed E-state index contributed by atoms with van der Waals surface area (Å²) in [5.41, 5.74) is 10.6. The first-order valence-corrected chi connectivity index (χ1v) is 6.83. The van der Waals surface area contributed by atoms with Gasteiger partial charge in [0.25, 0.3) is 0 Å². The summed E-state index contributed by atoms with van der Waals surface area (Å²) < 4.78 is 5.20. The van der Waals surface area contributed by atoms with Crippen LogP contribution in [0, 0.1) is 6.92 Å². The molecule has 0 heterocycles. The van der Waals surface area contributed by atoms with E-state index in [-0.39, 0.29) is 0 Å². The minimum Gasteiger partial charge on any atom is -0.497 e. The number of hydrogen-bond donors (Lipinski definition) is 1. The molecule has 0 bridgehead atoms. The van der Waals surface area contributed by atoms with Crippen molar-refractivity contribution in [1.82, 2.24) is 0 Å². The van der Waals surface area contributed by atoms with Crippen LogP contribution in [0.3, 0.4) is 0 Å². The van der Waals surface area contributed by atoms with Crippen LogP contribution in [0.15, 0.2) is 42.5 Å². The largest absolute Gasteiger partial charge is 0.497 e. The van der Waals surface area contributed by atoms with Crippen LogP contribution < -0.4 is 15.4 Å². The fourth-order valence-corrected chi connectivity index (χ4v) is 2.34. The van der Waals surface area contributed by atoms with Gasteiger partial charge in [0.1, 0.15) is 5.75 Å². The molecule has 3 nitrogen and oxygen atoms in total. The van der Waals surface area contributed by atoms with Crippen LogP contribution in [0.25, 0.3) is 0 Å². The van der Waals surface area contributed by atoms with E-state index >= 15 is 0 Å². The third kappa shape index (κ3) is 3.11. The molecule has 2 aromatic carbocycles. The molecule has 0 radical (unpaired) electrons. The molecule has 0 fully saturated rings. The van der Waals surface area contributed by atoms with Gasteiger partial charge in [-0.15, -0.1) is 0 Å². The van der Waals surface area contributed by atoms with Crippen LogP contribution in [0.1, 0.15) is 11.1 Å². The second kappa shape index (κ2) is 6.44. The van der Waals surface area contributed by atoms with Crippen LogP contribution in [0.2, 0.25) is 0 Å². The van der Waals surface area contributed by atoms with Crippen molar-refractivity contribution in [3.63, 3.8) is 0 Å². The first kappa shape index (κ1) is 14.4. The van der Waals surface area contributed by atoms with Gasteiger partial charge in [-0.2, -0.15) is 0 Å². The van der Waals surface area contributed by atoms with Gasteiger partial charge in [-0.1, -0.05) is 17.7 Å². The Morgan fingerprint density at radius 1 is 1.10 bits per heavy atom. The highest BCUT2D eigenvalue weighted by atomic mass is 16.5. The third-order valence-corrected chi connectivity index (χ3v) is 3.47. The Morgan fingerprint density at radius 2 is 1.80 bits per heavy atom. The summed E-state index contributed by atoms with van der Waals surface area (Å²) in [4.78, 5) is 2.18. The Bertz CT molecular complexity index is 564. The first-order chi connectivity index (χ1) is 9.65. The Balaban J connectivity index is 2.33. The molecule has 3 heteroatoms. The molecule has 2 aromatic rings. The lowest BCUT2D eigenvalue weighted by molar-refractivity contribution is 0.415. The number of nitrogens with zero attached hydrogens (tertiary/aromatic N) is 1. The van der Waals surface area contributed by atoms with Crippen molar-refractivity contribution in [1.29, 1.82) is 0 Å². The zero-order valence-corrected chi connectivity index (χ0v) is 12.4. The highest BCUT2D eigenvalue weighted by Gasteiger charge is 2.09. The van der Waals surface area contributed by atoms with Crippen LogP contribution in [0.4, 0.5) is 11.4 Å². The maximum Gasteiger partial charge on any atom is 0.119 e. The maximum absolute atomic E-state index is 5.72. The normalized spacial score (nSPS) is 10.4. The van der Waals surface area contributed by atoms with E-state index in [0.717, 1.165) is 17.9 Å². The number of ether oxygens (including phenoxy) is 1. The summed E-state index contributed by atoms with van der Waals surface area (Å²) in [6.07, 6.45) is 0.886. The quantitative estimate of drug-likeness (QED) is 0.906. The fraction of sp³-hybridized carbons (Fsp3) is 0.294. The Morgan fingerprint density at radius 3 is 2.40 bits per heavy atom. The third-order valence-electron chi connectivity index (χ3n) is 3.47. The maximum atomic E-state index is 5.72. The molecule has 0 atom stereocenters. The minimum absolute atomic E-state index is 0.660. The summed E-state index contributed by atoms with van der Waals surface area (Å²) in [7, 11) is 3.75. The van der Waals surface area contributed by atoms with Crippen molar-refractivity contribution in [3.05, 3.63) is 53.6 Å². The van der Waals surface area contributed by atoms with E-state index < -0.39 is 0 Å². The fourth-order valence-electron chi connectivity index (χ4n) is 2.34. The molecule has 20 heavy (non-hydrogen) atoms. The second-order valence-corrected chi connectivity index (χ2v) is 4.93. The lowest BCUT2D eigenvalue weighted by Gasteiger charge is -2.23. The summed E-state index contributed by atoms with van der Waals surface area (Å²) in [6.45, 7) is 2.77. The Hall–Kier alpha value is -2.00. The van der Waals surface area contributed by atoms with Gasteiger partial charge >= 0.3 is 0 Å². The molecule has 0 saturated carbocycles. The molecular formula is C17H22N2O. The van der Waals surface area contributed by atoms with E-state index in [1.807, 2.05) is 12.1 Å². The molecule has 0 aliphatic rings. The Kier molecular flexibility index (Phi) is 4.64. The predicted molar refractivity (Wildman–Crippen MR) is 85.0 cm³/mol. The molecule has 2 rings (SSSR count). The van der Waals surface area contributed by atoms with Crippen LogP contribution in [-0.2, 0) is 6.42 Å².